The van der Waals surface area contributed by atoms with Crippen molar-refractivity contribution >= 4 is 5.82 Å². The molecule has 0 radical (unpaired) electrons. The average Bonchev–Trinajstić information content (AvgIpc) is 2.30. The van der Waals surface area contributed by atoms with Crippen LogP contribution in [0.25, 0.3) is 0 Å². The summed E-state index contributed by atoms with van der Waals surface area (Å²) in [6.07, 6.45) is 2.30. The average molecular weight is 239 g/mol. The minimum Gasteiger partial charge on any atom is -0.477 e. The maximum absolute atomic E-state index is 5.56. The SMILES string of the molecule is CCNc1cc(OCCC(C)(C)OC)ncn1. The lowest BCUT2D eigenvalue weighted by atomic mass is 10.1. The third-order valence-corrected chi connectivity index (χ3v) is 2.51. The van der Waals surface area contributed by atoms with Crippen LogP contribution in [0.1, 0.15) is 27.2 Å². The highest BCUT2D eigenvalue weighted by molar-refractivity contribution is 5.36. The van der Waals surface area contributed by atoms with Crippen LogP contribution in [0.3, 0.4) is 0 Å². The van der Waals surface area contributed by atoms with Crippen LogP contribution >= 0.6 is 0 Å². The lowest BCUT2D eigenvalue weighted by Crippen LogP contribution is -2.25. The van der Waals surface area contributed by atoms with Gasteiger partial charge >= 0.3 is 0 Å². The number of rotatable bonds is 7. The predicted molar refractivity (Wildman–Crippen MR) is 67.4 cm³/mol. The molecule has 0 amide bonds. The molecule has 1 rings (SSSR count). The lowest BCUT2D eigenvalue weighted by molar-refractivity contribution is 0.00508. The molecule has 0 aromatic carbocycles. The molecule has 17 heavy (non-hydrogen) atoms. The highest BCUT2D eigenvalue weighted by Crippen LogP contribution is 2.15. The van der Waals surface area contributed by atoms with Crippen molar-refractivity contribution < 1.29 is 9.47 Å². The van der Waals surface area contributed by atoms with E-state index in [4.69, 9.17) is 9.47 Å². The van der Waals surface area contributed by atoms with E-state index in [9.17, 15) is 0 Å². The van der Waals surface area contributed by atoms with Crippen LogP contribution in [-0.4, -0.2) is 35.8 Å². The molecule has 5 nitrogen and oxygen atoms in total. The van der Waals surface area contributed by atoms with E-state index in [1.54, 1.807) is 13.2 Å². The number of ether oxygens (including phenoxy) is 2. The number of anilines is 1. The van der Waals surface area contributed by atoms with Gasteiger partial charge in [0.1, 0.15) is 12.1 Å². The smallest absolute Gasteiger partial charge is 0.218 e. The molecule has 0 atom stereocenters. The maximum Gasteiger partial charge on any atom is 0.218 e. The van der Waals surface area contributed by atoms with Gasteiger partial charge < -0.3 is 14.8 Å². The van der Waals surface area contributed by atoms with Gasteiger partial charge in [-0.3, -0.25) is 0 Å². The molecule has 1 aromatic rings. The molecule has 0 aliphatic rings. The summed E-state index contributed by atoms with van der Waals surface area (Å²) in [7, 11) is 1.70. The van der Waals surface area contributed by atoms with Crippen LogP contribution < -0.4 is 10.1 Å². The van der Waals surface area contributed by atoms with E-state index in [1.165, 1.54) is 6.33 Å². The number of hydrogen-bond acceptors (Lipinski definition) is 5. The fraction of sp³-hybridized carbons (Fsp3) is 0.667. The molecule has 5 heteroatoms. The minimum absolute atomic E-state index is 0.169. The Hall–Kier alpha value is -1.36. The molecule has 0 fully saturated rings. The van der Waals surface area contributed by atoms with Gasteiger partial charge in [-0.2, -0.15) is 0 Å². The monoisotopic (exact) mass is 239 g/mol. The van der Waals surface area contributed by atoms with E-state index in [1.807, 2.05) is 20.8 Å². The van der Waals surface area contributed by atoms with E-state index >= 15 is 0 Å². The number of aromatic nitrogens is 2. The van der Waals surface area contributed by atoms with E-state index in [2.05, 4.69) is 15.3 Å². The fourth-order valence-corrected chi connectivity index (χ4v) is 1.20. The van der Waals surface area contributed by atoms with E-state index in [0.29, 0.717) is 12.5 Å². The molecule has 1 N–H and O–H groups in total. The topological polar surface area (TPSA) is 56.3 Å². The summed E-state index contributed by atoms with van der Waals surface area (Å²) in [5, 5.41) is 3.11. The molecule has 0 aliphatic carbocycles. The molecular formula is C12H21N3O2. The molecule has 0 spiro atoms. The van der Waals surface area contributed by atoms with Crippen molar-refractivity contribution in [2.45, 2.75) is 32.8 Å². The zero-order valence-corrected chi connectivity index (χ0v) is 11.0. The Kier molecular flexibility index (Phi) is 5.15. The van der Waals surface area contributed by atoms with E-state index < -0.39 is 0 Å². The molecule has 0 saturated heterocycles. The number of nitrogens with one attached hydrogen (secondary N) is 1. The minimum atomic E-state index is -0.169. The Bertz CT molecular complexity index is 342. The van der Waals surface area contributed by atoms with Crippen LogP contribution in [0.2, 0.25) is 0 Å². The van der Waals surface area contributed by atoms with Crippen LogP contribution in [0, 0.1) is 0 Å². The Morgan fingerprint density at radius 2 is 2.12 bits per heavy atom. The van der Waals surface area contributed by atoms with Crippen molar-refractivity contribution in [3.8, 4) is 5.88 Å². The standard InChI is InChI=1S/C12H21N3O2/c1-5-13-10-8-11(15-9-14-10)17-7-6-12(2,3)16-4/h8-9H,5-7H2,1-4H3,(H,13,14,15). The van der Waals surface area contributed by atoms with E-state index in [0.717, 1.165) is 18.8 Å². The first kappa shape index (κ1) is 13.7. The Labute approximate surface area is 103 Å². The molecule has 0 bridgehead atoms. The van der Waals surface area contributed by atoms with Crippen molar-refractivity contribution in [2.75, 3.05) is 25.6 Å². The third-order valence-electron chi connectivity index (χ3n) is 2.51. The lowest BCUT2D eigenvalue weighted by Gasteiger charge is -2.22. The summed E-state index contributed by atoms with van der Waals surface area (Å²) in [5.74, 6) is 1.37. The maximum atomic E-state index is 5.56. The molecule has 0 aliphatic heterocycles. The van der Waals surface area contributed by atoms with Gasteiger partial charge in [-0.25, -0.2) is 9.97 Å². The van der Waals surface area contributed by atoms with Gasteiger partial charge in [-0.05, 0) is 20.8 Å². The Morgan fingerprint density at radius 1 is 1.35 bits per heavy atom. The predicted octanol–water partition coefficient (Wildman–Crippen LogP) is 2.10. The van der Waals surface area contributed by atoms with Gasteiger partial charge in [0.25, 0.3) is 0 Å². The summed E-state index contributed by atoms with van der Waals surface area (Å²) >= 11 is 0. The first-order valence-electron chi connectivity index (χ1n) is 5.81. The summed E-state index contributed by atoms with van der Waals surface area (Å²) in [6, 6.07) is 1.79. The van der Waals surface area contributed by atoms with Gasteiger partial charge in [0.05, 0.1) is 12.2 Å². The summed E-state index contributed by atoms with van der Waals surface area (Å²) < 4.78 is 10.9. The van der Waals surface area contributed by atoms with Gasteiger partial charge in [0, 0.05) is 26.1 Å². The molecule has 0 unspecified atom stereocenters. The molecule has 1 heterocycles. The van der Waals surface area contributed by atoms with Crippen molar-refractivity contribution in [3.63, 3.8) is 0 Å². The summed E-state index contributed by atoms with van der Waals surface area (Å²) in [5.41, 5.74) is -0.169. The molecular weight excluding hydrogens is 218 g/mol. The highest BCUT2D eigenvalue weighted by Gasteiger charge is 2.16. The first-order valence-corrected chi connectivity index (χ1v) is 5.81. The fourth-order valence-electron chi connectivity index (χ4n) is 1.20. The van der Waals surface area contributed by atoms with Gasteiger partial charge in [0.15, 0.2) is 0 Å². The zero-order valence-electron chi connectivity index (χ0n) is 11.0. The molecule has 96 valence electrons. The Morgan fingerprint density at radius 3 is 2.76 bits per heavy atom. The third kappa shape index (κ3) is 4.99. The van der Waals surface area contributed by atoms with Crippen molar-refractivity contribution in [1.29, 1.82) is 0 Å². The quantitative estimate of drug-likeness (QED) is 0.789. The van der Waals surface area contributed by atoms with Crippen LogP contribution in [-0.2, 0) is 4.74 Å². The van der Waals surface area contributed by atoms with Crippen molar-refractivity contribution in [2.24, 2.45) is 0 Å². The first-order chi connectivity index (χ1) is 8.07. The normalized spacial score (nSPS) is 11.3. The highest BCUT2D eigenvalue weighted by atomic mass is 16.5. The zero-order chi connectivity index (χ0) is 12.7. The Balaban J connectivity index is 2.44. The van der Waals surface area contributed by atoms with Crippen LogP contribution in [0.5, 0.6) is 5.88 Å². The van der Waals surface area contributed by atoms with Gasteiger partial charge in [-0.1, -0.05) is 0 Å². The largest absolute Gasteiger partial charge is 0.477 e. The van der Waals surface area contributed by atoms with Gasteiger partial charge in [0.2, 0.25) is 5.88 Å². The van der Waals surface area contributed by atoms with E-state index in [-0.39, 0.29) is 5.60 Å². The summed E-state index contributed by atoms with van der Waals surface area (Å²) in [4.78, 5) is 8.13. The van der Waals surface area contributed by atoms with Gasteiger partial charge in [-0.15, -0.1) is 0 Å². The second-order valence-corrected chi connectivity index (χ2v) is 4.33. The number of nitrogens with zero attached hydrogens (tertiary/aromatic N) is 2. The summed E-state index contributed by atoms with van der Waals surface area (Å²) in [6.45, 7) is 7.47. The second kappa shape index (κ2) is 6.39. The number of hydrogen-bond donors (Lipinski definition) is 1. The van der Waals surface area contributed by atoms with Crippen LogP contribution in [0.15, 0.2) is 12.4 Å². The molecule has 1 aromatic heterocycles. The van der Waals surface area contributed by atoms with Crippen LogP contribution in [0.4, 0.5) is 5.82 Å². The number of methoxy groups -OCH3 is 1. The van der Waals surface area contributed by atoms with Crippen molar-refractivity contribution in [3.05, 3.63) is 12.4 Å². The van der Waals surface area contributed by atoms with Crippen molar-refractivity contribution in [1.82, 2.24) is 9.97 Å². The second-order valence-electron chi connectivity index (χ2n) is 4.33. The molecule has 0 saturated carbocycles.